The Morgan fingerprint density at radius 3 is 2.55 bits per heavy atom. The highest BCUT2D eigenvalue weighted by atomic mass is 32.2. The molecule has 4 heteroatoms. The topological polar surface area (TPSA) is 34.4 Å². The van der Waals surface area contributed by atoms with Gasteiger partial charge in [-0.15, -0.1) is 11.8 Å². The van der Waals surface area contributed by atoms with Crippen LogP contribution in [0, 0.1) is 0 Å². The molecule has 2 aromatic rings. The van der Waals surface area contributed by atoms with E-state index in [1.54, 1.807) is 18.9 Å². The zero-order valence-corrected chi connectivity index (χ0v) is 12.8. The maximum absolute atomic E-state index is 5.79. The third kappa shape index (κ3) is 4.62. The molecule has 0 unspecified atom stereocenters. The number of methoxy groups -OCH3 is 1. The van der Waals surface area contributed by atoms with Crippen LogP contribution in [0.5, 0.6) is 5.75 Å². The molecule has 1 aromatic heterocycles. The fraction of sp³-hybridized carbons (Fsp3) is 0.375. The first-order chi connectivity index (χ1) is 9.81. The summed E-state index contributed by atoms with van der Waals surface area (Å²) in [6.07, 6.45) is 1.14. The second-order valence-electron chi connectivity index (χ2n) is 4.51. The van der Waals surface area contributed by atoms with E-state index in [1.165, 1.54) is 4.90 Å². The normalized spacial score (nSPS) is 10.7. The maximum Gasteiger partial charge on any atom is 0.118 e. The average molecular weight is 291 g/mol. The minimum Gasteiger partial charge on any atom is -0.497 e. The average Bonchev–Trinajstić information content (AvgIpc) is 2.94. The molecule has 108 valence electrons. The molecule has 0 spiro atoms. The Hall–Kier alpha value is -1.39. The molecule has 1 N–H and O–H groups in total. The van der Waals surface area contributed by atoms with E-state index in [9.17, 15) is 0 Å². The summed E-state index contributed by atoms with van der Waals surface area (Å²) in [5.74, 6) is 3.75. The summed E-state index contributed by atoms with van der Waals surface area (Å²) in [5, 5.41) is 3.34. The lowest BCUT2D eigenvalue weighted by molar-refractivity contribution is 0.414. The molecule has 20 heavy (non-hydrogen) atoms. The van der Waals surface area contributed by atoms with Crippen molar-refractivity contribution in [1.82, 2.24) is 5.32 Å². The van der Waals surface area contributed by atoms with E-state index >= 15 is 0 Å². The van der Waals surface area contributed by atoms with Crippen molar-refractivity contribution in [2.45, 2.75) is 30.5 Å². The Morgan fingerprint density at radius 1 is 1.10 bits per heavy atom. The number of ether oxygens (including phenoxy) is 1. The van der Waals surface area contributed by atoms with Crippen LogP contribution in [0.25, 0.3) is 0 Å². The largest absolute Gasteiger partial charge is 0.497 e. The Balaban J connectivity index is 1.81. The van der Waals surface area contributed by atoms with Crippen LogP contribution in [0.3, 0.4) is 0 Å². The molecule has 0 aliphatic carbocycles. The van der Waals surface area contributed by atoms with Gasteiger partial charge in [-0.25, -0.2) is 0 Å². The van der Waals surface area contributed by atoms with E-state index in [0.29, 0.717) is 0 Å². The number of hydrogen-bond acceptors (Lipinski definition) is 4. The van der Waals surface area contributed by atoms with Crippen LogP contribution in [0.1, 0.15) is 24.9 Å². The summed E-state index contributed by atoms with van der Waals surface area (Å²) in [5.41, 5.74) is 0. The van der Waals surface area contributed by atoms with Gasteiger partial charge in [-0.1, -0.05) is 6.92 Å². The highest BCUT2D eigenvalue weighted by Gasteiger charge is 2.03. The zero-order chi connectivity index (χ0) is 14.2. The van der Waals surface area contributed by atoms with Gasteiger partial charge in [0.05, 0.1) is 19.4 Å². The predicted molar refractivity (Wildman–Crippen MR) is 83.3 cm³/mol. The van der Waals surface area contributed by atoms with Crippen LogP contribution in [0.2, 0.25) is 0 Å². The lowest BCUT2D eigenvalue weighted by Gasteiger charge is -2.02. The first-order valence-corrected chi connectivity index (χ1v) is 7.85. The standard InChI is InChI=1S/C16H21NO2S/c1-3-10-17-11-14-4-5-15(19-14)12-20-16-8-6-13(18-2)7-9-16/h4-9,17H,3,10-12H2,1-2H3. The zero-order valence-electron chi connectivity index (χ0n) is 12.0. The van der Waals surface area contributed by atoms with Gasteiger partial charge in [-0.2, -0.15) is 0 Å². The second-order valence-corrected chi connectivity index (χ2v) is 5.56. The molecular formula is C16H21NO2S. The molecule has 1 heterocycles. The first kappa shape index (κ1) is 15.0. The number of thioether (sulfide) groups is 1. The molecule has 2 rings (SSSR count). The van der Waals surface area contributed by atoms with E-state index in [1.807, 2.05) is 18.2 Å². The van der Waals surface area contributed by atoms with Crippen LogP contribution in [0.15, 0.2) is 45.7 Å². The van der Waals surface area contributed by atoms with Gasteiger partial charge in [0.1, 0.15) is 17.3 Å². The van der Waals surface area contributed by atoms with Crippen molar-refractivity contribution in [2.75, 3.05) is 13.7 Å². The Bertz CT molecular complexity index is 507. The van der Waals surface area contributed by atoms with Crippen molar-refractivity contribution in [1.29, 1.82) is 0 Å². The molecule has 0 aliphatic heterocycles. The molecule has 1 aromatic carbocycles. The second kappa shape index (κ2) is 8.02. The van der Waals surface area contributed by atoms with Gasteiger partial charge in [0, 0.05) is 4.90 Å². The quantitative estimate of drug-likeness (QED) is 0.587. The lowest BCUT2D eigenvalue weighted by Crippen LogP contribution is -2.12. The summed E-state index contributed by atoms with van der Waals surface area (Å²) in [6, 6.07) is 12.2. The molecule has 0 saturated carbocycles. The van der Waals surface area contributed by atoms with Gasteiger partial charge >= 0.3 is 0 Å². The van der Waals surface area contributed by atoms with E-state index in [-0.39, 0.29) is 0 Å². The number of furan rings is 1. The molecule has 3 nitrogen and oxygen atoms in total. The summed E-state index contributed by atoms with van der Waals surface area (Å²) >= 11 is 1.76. The molecule has 0 radical (unpaired) electrons. The van der Waals surface area contributed by atoms with E-state index in [0.717, 1.165) is 42.5 Å². The Morgan fingerprint density at radius 2 is 1.85 bits per heavy atom. The molecular weight excluding hydrogens is 270 g/mol. The maximum atomic E-state index is 5.79. The van der Waals surface area contributed by atoms with Crippen molar-refractivity contribution in [3.05, 3.63) is 47.9 Å². The molecule has 0 bridgehead atoms. The number of benzene rings is 1. The summed E-state index contributed by atoms with van der Waals surface area (Å²) in [4.78, 5) is 1.22. The van der Waals surface area contributed by atoms with Crippen LogP contribution < -0.4 is 10.1 Å². The van der Waals surface area contributed by atoms with Crippen molar-refractivity contribution >= 4 is 11.8 Å². The smallest absolute Gasteiger partial charge is 0.118 e. The van der Waals surface area contributed by atoms with Crippen LogP contribution >= 0.6 is 11.8 Å². The highest BCUT2D eigenvalue weighted by molar-refractivity contribution is 7.98. The van der Waals surface area contributed by atoms with Gasteiger partial charge in [-0.05, 0) is 49.4 Å². The van der Waals surface area contributed by atoms with Gasteiger partial charge in [0.15, 0.2) is 0 Å². The van der Waals surface area contributed by atoms with Crippen LogP contribution in [-0.2, 0) is 12.3 Å². The van der Waals surface area contributed by atoms with Crippen molar-refractivity contribution in [3.8, 4) is 5.75 Å². The number of hydrogen-bond donors (Lipinski definition) is 1. The number of nitrogens with one attached hydrogen (secondary N) is 1. The summed E-state index contributed by atoms with van der Waals surface area (Å²) in [6.45, 7) is 3.99. The Labute approximate surface area is 124 Å². The molecule has 0 aliphatic rings. The SMILES string of the molecule is CCCNCc1ccc(CSc2ccc(OC)cc2)o1. The monoisotopic (exact) mass is 291 g/mol. The third-order valence-corrected chi connectivity index (χ3v) is 3.92. The highest BCUT2D eigenvalue weighted by Crippen LogP contribution is 2.25. The third-order valence-electron chi connectivity index (χ3n) is 2.88. The van der Waals surface area contributed by atoms with Gasteiger partial charge in [-0.3, -0.25) is 0 Å². The minimum atomic E-state index is 0.807. The first-order valence-electron chi connectivity index (χ1n) is 6.87. The fourth-order valence-electron chi connectivity index (χ4n) is 1.81. The van der Waals surface area contributed by atoms with Crippen molar-refractivity contribution in [3.63, 3.8) is 0 Å². The molecule has 0 atom stereocenters. The molecule has 0 amide bonds. The van der Waals surface area contributed by atoms with Crippen LogP contribution in [-0.4, -0.2) is 13.7 Å². The molecule has 0 fully saturated rings. The predicted octanol–water partition coefficient (Wildman–Crippen LogP) is 4.08. The van der Waals surface area contributed by atoms with Gasteiger partial charge < -0.3 is 14.5 Å². The van der Waals surface area contributed by atoms with Gasteiger partial charge in [0.2, 0.25) is 0 Å². The van der Waals surface area contributed by atoms with E-state index in [4.69, 9.17) is 9.15 Å². The van der Waals surface area contributed by atoms with Crippen molar-refractivity contribution < 1.29 is 9.15 Å². The molecule has 0 saturated heterocycles. The summed E-state index contributed by atoms with van der Waals surface area (Å²) in [7, 11) is 1.68. The fourth-order valence-corrected chi connectivity index (χ4v) is 2.60. The number of rotatable bonds is 8. The summed E-state index contributed by atoms with van der Waals surface area (Å²) < 4.78 is 10.9. The van der Waals surface area contributed by atoms with Crippen LogP contribution in [0.4, 0.5) is 0 Å². The van der Waals surface area contributed by atoms with E-state index < -0.39 is 0 Å². The van der Waals surface area contributed by atoms with Crippen molar-refractivity contribution in [2.24, 2.45) is 0 Å². The van der Waals surface area contributed by atoms with E-state index in [2.05, 4.69) is 30.4 Å². The Kier molecular flexibility index (Phi) is 6.02. The van der Waals surface area contributed by atoms with Gasteiger partial charge in [0.25, 0.3) is 0 Å². The lowest BCUT2D eigenvalue weighted by atomic mass is 10.3. The minimum absolute atomic E-state index is 0.807.